The SMILES string of the molecule is CS(=O)(=O)c1cccc2[nH]c(-c3csnn3)nc12. The number of nitrogens with zero attached hydrogens (tertiary/aromatic N) is 3. The topological polar surface area (TPSA) is 88.6 Å². The van der Waals surface area contributed by atoms with Gasteiger partial charge in [0.05, 0.1) is 10.4 Å². The zero-order valence-electron chi connectivity index (χ0n) is 9.28. The quantitative estimate of drug-likeness (QED) is 0.768. The van der Waals surface area contributed by atoms with E-state index in [0.717, 1.165) is 0 Å². The zero-order chi connectivity index (χ0) is 12.8. The number of imidazole rings is 1. The normalized spacial score (nSPS) is 12.1. The van der Waals surface area contributed by atoms with Gasteiger partial charge in [-0.05, 0) is 23.7 Å². The average Bonchev–Trinajstić information content (AvgIpc) is 2.95. The molecule has 0 bridgehead atoms. The second-order valence-corrected chi connectivity index (χ2v) is 6.39. The van der Waals surface area contributed by atoms with Gasteiger partial charge in [-0.1, -0.05) is 10.6 Å². The highest BCUT2D eigenvalue weighted by Gasteiger charge is 2.16. The van der Waals surface area contributed by atoms with Crippen molar-refractivity contribution in [1.29, 1.82) is 0 Å². The lowest BCUT2D eigenvalue weighted by atomic mass is 10.3. The number of rotatable bonds is 2. The van der Waals surface area contributed by atoms with Crippen LogP contribution in [0, 0.1) is 0 Å². The van der Waals surface area contributed by atoms with Crippen molar-refractivity contribution in [2.24, 2.45) is 0 Å². The van der Waals surface area contributed by atoms with Gasteiger partial charge in [0.2, 0.25) is 0 Å². The molecule has 8 heteroatoms. The fourth-order valence-electron chi connectivity index (χ4n) is 1.69. The number of para-hydroxylation sites is 1. The van der Waals surface area contributed by atoms with Gasteiger partial charge >= 0.3 is 0 Å². The third-order valence-corrected chi connectivity index (χ3v) is 4.11. The van der Waals surface area contributed by atoms with Crippen LogP contribution >= 0.6 is 11.5 Å². The van der Waals surface area contributed by atoms with Gasteiger partial charge in [0.1, 0.15) is 11.2 Å². The average molecular weight is 280 g/mol. The van der Waals surface area contributed by atoms with Gasteiger partial charge in [-0.15, -0.1) is 5.10 Å². The molecule has 0 saturated heterocycles. The van der Waals surface area contributed by atoms with Gasteiger partial charge in [-0.2, -0.15) is 0 Å². The van der Waals surface area contributed by atoms with E-state index in [-0.39, 0.29) is 4.90 Å². The first-order chi connectivity index (χ1) is 8.55. The van der Waals surface area contributed by atoms with Crippen LogP contribution in [0.2, 0.25) is 0 Å². The molecule has 0 saturated carbocycles. The summed E-state index contributed by atoms with van der Waals surface area (Å²) in [7, 11) is -3.30. The Labute approximate surface area is 107 Å². The summed E-state index contributed by atoms with van der Waals surface area (Å²) in [6.07, 6.45) is 1.17. The smallest absolute Gasteiger partial charge is 0.177 e. The number of hydrogen-bond donors (Lipinski definition) is 1. The second kappa shape index (κ2) is 3.85. The molecular weight excluding hydrogens is 272 g/mol. The largest absolute Gasteiger partial charge is 0.337 e. The highest BCUT2D eigenvalue weighted by atomic mass is 32.2. The number of hydrogen-bond acceptors (Lipinski definition) is 6. The minimum Gasteiger partial charge on any atom is -0.337 e. The van der Waals surface area contributed by atoms with Crippen molar-refractivity contribution in [1.82, 2.24) is 19.6 Å². The molecule has 0 atom stereocenters. The van der Waals surface area contributed by atoms with Gasteiger partial charge in [0, 0.05) is 11.6 Å². The molecule has 2 aromatic heterocycles. The van der Waals surface area contributed by atoms with E-state index in [1.807, 2.05) is 0 Å². The maximum Gasteiger partial charge on any atom is 0.177 e. The minimum atomic E-state index is -3.30. The van der Waals surface area contributed by atoms with Crippen LogP contribution in [-0.4, -0.2) is 34.2 Å². The van der Waals surface area contributed by atoms with Crippen molar-refractivity contribution in [3.63, 3.8) is 0 Å². The lowest BCUT2D eigenvalue weighted by Gasteiger charge is -1.97. The molecule has 3 rings (SSSR count). The number of fused-ring (bicyclic) bond motifs is 1. The van der Waals surface area contributed by atoms with Crippen LogP contribution in [0.1, 0.15) is 0 Å². The summed E-state index contributed by atoms with van der Waals surface area (Å²) in [5, 5.41) is 5.65. The predicted molar refractivity (Wildman–Crippen MR) is 68.1 cm³/mol. The van der Waals surface area contributed by atoms with Crippen LogP contribution < -0.4 is 0 Å². The van der Waals surface area contributed by atoms with Crippen molar-refractivity contribution >= 4 is 32.4 Å². The molecule has 2 heterocycles. The summed E-state index contributed by atoms with van der Waals surface area (Å²) >= 11 is 1.21. The minimum absolute atomic E-state index is 0.214. The monoisotopic (exact) mass is 280 g/mol. The lowest BCUT2D eigenvalue weighted by Crippen LogP contribution is -1.97. The molecule has 0 fully saturated rings. The van der Waals surface area contributed by atoms with Gasteiger partial charge in [-0.3, -0.25) is 0 Å². The maximum atomic E-state index is 11.7. The molecule has 0 unspecified atom stereocenters. The fraction of sp³-hybridized carbons (Fsp3) is 0.100. The Kier molecular flexibility index (Phi) is 2.42. The zero-order valence-corrected chi connectivity index (χ0v) is 10.9. The first-order valence-corrected chi connectivity index (χ1v) is 7.75. The van der Waals surface area contributed by atoms with E-state index < -0.39 is 9.84 Å². The Bertz CT molecular complexity index is 806. The highest BCUT2D eigenvalue weighted by Crippen LogP contribution is 2.24. The number of nitrogens with one attached hydrogen (secondary N) is 1. The molecule has 0 spiro atoms. The first-order valence-electron chi connectivity index (χ1n) is 5.02. The van der Waals surface area contributed by atoms with E-state index in [0.29, 0.717) is 22.6 Å². The van der Waals surface area contributed by atoms with E-state index in [2.05, 4.69) is 19.6 Å². The standard InChI is InChI=1S/C10H8N4O2S2/c1-18(15,16)8-4-2-3-6-9(8)12-10(11-6)7-5-17-14-13-7/h2-5H,1H3,(H,11,12). The molecule has 0 aliphatic heterocycles. The molecule has 0 amide bonds. The highest BCUT2D eigenvalue weighted by molar-refractivity contribution is 7.91. The van der Waals surface area contributed by atoms with Gasteiger partial charge in [0.15, 0.2) is 15.7 Å². The Hall–Kier alpha value is -1.80. The van der Waals surface area contributed by atoms with Crippen LogP contribution in [0.25, 0.3) is 22.6 Å². The molecule has 0 radical (unpaired) electrons. The molecule has 18 heavy (non-hydrogen) atoms. The Morgan fingerprint density at radius 1 is 1.33 bits per heavy atom. The van der Waals surface area contributed by atoms with E-state index in [9.17, 15) is 8.42 Å². The van der Waals surface area contributed by atoms with Crippen LogP contribution in [0.15, 0.2) is 28.5 Å². The molecule has 3 aromatic rings. The lowest BCUT2D eigenvalue weighted by molar-refractivity contribution is 0.602. The number of aromatic amines is 1. The maximum absolute atomic E-state index is 11.7. The van der Waals surface area contributed by atoms with Crippen molar-refractivity contribution in [2.45, 2.75) is 4.90 Å². The van der Waals surface area contributed by atoms with Gasteiger partial charge in [-0.25, -0.2) is 13.4 Å². The van der Waals surface area contributed by atoms with Crippen molar-refractivity contribution in [3.8, 4) is 11.5 Å². The van der Waals surface area contributed by atoms with Crippen LogP contribution in [0.3, 0.4) is 0 Å². The Morgan fingerprint density at radius 3 is 2.83 bits per heavy atom. The van der Waals surface area contributed by atoms with Gasteiger partial charge < -0.3 is 4.98 Å². The van der Waals surface area contributed by atoms with E-state index >= 15 is 0 Å². The van der Waals surface area contributed by atoms with Crippen LogP contribution in [0.4, 0.5) is 0 Å². The predicted octanol–water partition coefficient (Wildman–Crippen LogP) is 1.48. The number of benzene rings is 1. The molecule has 92 valence electrons. The van der Waals surface area contributed by atoms with Crippen molar-refractivity contribution in [2.75, 3.05) is 6.26 Å². The molecular formula is C10H8N4O2S2. The summed E-state index contributed by atoms with van der Waals surface area (Å²) in [6, 6.07) is 5.00. The molecule has 0 aliphatic carbocycles. The third kappa shape index (κ3) is 1.79. The summed E-state index contributed by atoms with van der Waals surface area (Å²) in [5.41, 5.74) is 1.71. The molecule has 0 aliphatic rings. The van der Waals surface area contributed by atoms with Crippen LogP contribution in [0.5, 0.6) is 0 Å². The Balaban J connectivity index is 2.31. The Morgan fingerprint density at radius 2 is 2.17 bits per heavy atom. The first kappa shape index (κ1) is 11.3. The second-order valence-electron chi connectivity index (χ2n) is 3.80. The van der Waals surface area contributed by atoms with Crippen LogP contribution in [-0.2, 0) is 9.84 Å². The number of H-pyrrole nitrogens is 1. The third-order valence-electron chi connectivity index (χ3n) is 2.48. The summed E-state index contributed by atoms with van der Waals surface area (Å²) in [6.45, 7) is 0. The van der Waals surface area contributed by atoms with E-state index in [1.165, 1.54) is 17.8 Å². The van der Waals surface area contributed by atoms with Crippen molar-refractivity contribution < 1.29 is 8.42 Å². The summed E-state index contributed by atoms with van der Waals surface area (Å²) < 4.78 is 27.1. The van der Waals surface area contributed by atoms with E-state index in [1.54, 1.807) is 23.6 Å². The molecule has 6 nitrogen and oxygen atoms in total. The summed E-state index contributed by atoms with van der Waals surface area (Å²) in [4.78, 5) is 7.54. The number of aromatic nitrogens is 4. The summed E-state index contributed by atoms with van der Waals surface area (Å²) in [5.74, 6) is 0.523. The van der Waals surface area contributed by atoms with E-state index in [4.69, 9.17) is 0 Å². The fourth-order valence-corrected chi connectivity index (χ4v) is 2.97. The number of sulfone groups is 1. The molecule has 1 N–H and O–H groups in total. The van der Waals surface area contributed by atoms with Gasteiger partial charge in [0.25, 0.3) is 0 Å². The molecule has 1 aromatic carbocycles. The van der Waals surface area contributed by atoms with Crippen molar-refractivity contribution in [3.05, 3.63) is 23.6 Å².